The van der Waals surface area contributed by atoms with E-state index in [0.717, 1.165) is 7.11 Å². The number of aliphatic hydroxyl groups excluding tert-OH is 1. The molecule has 0 unspecified atom stereocenters. The summed E-state index contributed by atoms with van der Waals surface area (Å²) in [7, 11) is 0.979. The molecule has 1 N–H and O–H groups in total. The third-order valence-corrected chi connectivity index (χ3v) is 1.92. The number of hydrogen-bond donors (Lipinski definition) is 1. The lowest BCUT2D eigenvalue weighted by atomic mass is 11.8. The molecule has 0 radical (unpaired) electrons. The van der Waals surface area contributed by atoms with Crippen molar-refractivity contribution in [3.63, 3.8) is 0 Å². The Morgan fingerprint density at radius 3 is 1.50 bits per heavy atom. The van der Waals surface area contributed by atoms with E-state index in [2.05, 4.69) is 0 Å². The van der Waals surface area contributed by atoms with Crippen LogP contribution in [0.15, 0.2) is 0 Å². The highest BCUT2D eigenvalue weighted by Crippen LogP contribution is 2.05. The van der Waals surface area contributed by atoms with Gasteiger partial charge in [0.15, 0.2) is 0 Å². The standard InChI is InChI=1S/C3H9ClOSi.CH4O/c1-5-6(2,3)4;1-2/h1-3H3;2H,1H3. The van der Waals surface area contributed by atoms with Crippen LogP contribution in [0.5, 0.6) is 0 Å². The minimum absolute atomic E-state index is 1.00. The fraction of sp³-hybridized carbons (Fsp3) is 1.00. The quantitative estimate of drug-likeness (QED) is 0.457. The van der Waals surface area contributed by atoms with Crippen molar-refractivity contribution < 1.29 is 9.53 Å². The zero-order valence-electron chi connectivity index (χ0n) is 5.73. The first-order valence-electron chi connectivity index (χ1n) is 2.25. The second-order valence-electron chi connectivity index (χ2n) is 1.57. The molecule has 52 valence electrons. The lowest BCUT2D eigenvalue weighted by Crippen LogP contribution is -2.18. The second-order valence-corrected chi connectivity index (χ2v) is 7.43. The van der Waals surface area contributed by atoms with Crippen molar-refractivity contribution in [1.29, 1.82) is 0 Å². The predicted octanol–water partition coefficient (Wildman–Crippen LogP) is 1.18. The molecule has 0 spiro atoms. The summed E-state index contributed by atoms with van der Waals surface area (Å²) in [5, 5.41) is 7.00. The Labute approximate surface area is 56.3 Å². The summed E-state index contributed by atoms with van der Waals surface area (Å²) in [4.78, 5) is 0. The molecule has 0 heterocycles. The second kappa shape index (κ2) is 5.56. The third-order valence-electron chi connectivity index (χ3n) is 0.485. The Kier molecular flexibility index (Phi) is 7.82. The molecule has 0 aliphatic carbocycles. The third kappa shape index (κ3) is 16.1. The molecule has 0 saturated carbocycles. The molecule has 0 atom stereocenters. The minimum atomic E-state index is -1.66. The van der Waals surface area contributed by atoms with Crippen molar-refractivity contribution in [2.75, 3.05) is 14.2 Å². The van der Waals surface area contributed by atoms with Crippen molar-refractivity contribution in [2.45, 2.75) is 13.1 Å². The zero-order valence-corrected chi connectivity index (χ0v) is 7.49. The maximum Gasteiger partial charge on any atom is 0.283 e. The average molecular weight is 157 g/mol. The average Bonchev–Trinajstić information content (AvgIpc) is 1.71. The van der Waals surface area contributed by atoms with Gasteiger partial charge in [0.25, 0.3) is 7.63 Å². The lowest BCUT2D eigenvalue weighted by molar-refractivity contribution is 0.399. The molecule has 0 aromatic heterocycles. The summed E-state index contributed by atoms with van der Waals surface area (Å²) >= 11 is 5.63. The summed E-state index contributed by atoms with van der Waals surface area (Å²) in [6, 6.07) is 0. The molecule has 0 aromatic carbocycles. The van der Waals surface area contributed by atoms with Gasteiger partial charge in [0.2, 0.25) is 0 Å². The van der Waals surface area contributed by atoms with Gasteiger partial charge in [0.1, 0.15) is 0 Å². The summed E-state index contributed by atoms with van der Waals surface area (Å²) in [5.74, 6) is 0. The molecule has 0 amide bonds. The molecular weight excluding hydrogens is 144 g/mol. The van der Waals surface area contributed by atoms with E-state index in [1.165, 1.54) is 0 Å². The van der Waals surface area contributed by atoms with Crippen LogP contribution in [-0.2, 0) is 4.43 Å². The predicted molar refractivity (Wildman–Crippen MR) is 38.5 cm³/mol. The van der Waals surface area contributed by atoms with E-state index >= 15 is 0 Å². The maximum atomic E-state index is 7.00. The highest BCUT2D eigenvalue weighted by atomic mass is 35.6. The fourth-order valence-corrected chi connectivity index (χ4v) is 0. The van der Waals surface area contributed by atoms with Gasteiger partial charge in [0.05, 0.1) is 0 Å². The molecule has 0 saturated heterocycles. The molecule has 2 nitrogen and oxygen atoms in total. The topological polar surface area (TPSA) is 29.5 Å². The first-order valence-corrected chi connectivity index (χ1v) is 6.17. The van der Waals surface area contributed by atoms with Gasteiger partial charge in [-0.3, -0.25) is 0 Å². The van der Waals surface area contributed by atoms with Gasteiger partial charge in [-0.2, -0.15) is 0 Å². The van der Waals surface area contributed by atoms with E-state index in [9.17, 15) is 0 Å². The summed E-state index contributed by atoms with van der Waals surface area (Å²) < 4.78 is 4.84. The Balaban J connectivity index is 0. The van der Waals surface area contributed by atoms with Gasteiger partial charge < -0.3 is 9.53 Å². The number of hydrogen-bond acceptors (Lipinski definition) is 2. The van der Waals surface area contributed by atoms with Crippen LogP contribution in [0.2, 0.25) is 13.1 Å². The van der Waals surface area contributed by atoms with Gasteiger partial charge in [-0.15, -0.1) is 11.1 Å². The first-order chi connectivity index (χ1) is 3.56. The Bertz CT molecular complexity index is 43.8. The van der Waals surface area contributed by atoms with Crippen molar-refractivity contribution in [2.24, 2.45) is 0 Å². The van der Waals surface area contributed by atoms with Crippen LogP contribution >= 0.6 is 11.1 Å². The SMILES string of the molecule is CO.CO[Si](C)(C)Cl. The van der Waals surface area contributed by atoms with Crippen LogP contribution < -0.4 is 0 Å². The van der Waals surface area contributed by atoms with E-state index in [1.807, 2.05) is 13.1 Å². The Morgan fingerprint density at radius 2 is 1.50 bits per heavy atom. The molecule has 0 aliphatic heterocycles. The van der Waals surface area contributed by atoms with Crippen LogP contribution in [0.25, 0.3) is 0 Å². The molecule has 0 aromatic rings. The highest BCUT2D eigenvalue weighted by Gasteiger charge is 2.13. The van der Waals surface area contributed by atoms with Gasteiger partial charge in [0, 0.05) is 14.2 Å². The van der Waals surface area contributed by atoms with Gasteiger partial charge in [-0.1, -0.05) is 0 Å². The fourth-order valence-electron chi connectivity index (χ4n) is 0. The van der Waals surface area contributed by atoms with Crippen molar-refractivity contribution in [3.8, 4) is 0 Å². The number of halogens is 1. The Hall–Kier alpha value is 0.427. The van der Waals surface area contributed by atoms with Gasteiger partial charge in [-0.05, 0) is 13.1 Å². The lowest BCUT2D eigenvalue weighted by Gasteiger charge is -2.06. The molecule has 0 aliphatic rings. The largest absolute Gasteiger partial charge is 0.407 e. The monoisotopic (exact) mass is 156 g/mol. The Morgan fingerprint density at radius 1 is 1.38 bits per heavy atom. The van der Waals surface area contributed by atoms with Crippen molar-refractivity contribution in [1.82, 2.24) is 0 Å². The van der Waals surface area contributed by atoms with E-state index in [4.69, 9.17) is 20.6 Å². The van der Waals surface area contributed by atoms with Crippen molar-refractivity contribution in [3.05, 3.63) is 0 Å². The zero-order chi connectivity index (χ0) is 7.21. The maximum absolute atomic E-state index is 7.00. The summed E-state index contributed by atoms with van der Waals surface area (Å²) in [6.07, 6.45) is 0. The van der Waals surface area contributed by atoms with Crippen LogP contribution in [0.3, 0.4) is 0 Å². The number of rotatable bonds is 1. The molecule has 0 bridgehead atoms. The van der Waals surface area contributed by atoms with Crippen molar-refractivity contribution >= 4 is 18.7 Å². The minimum Gasteiger partial charge on any atom is -0.407 e. The molecule has 4 heteroatoms. The van der Waals surface area contributed by atoms with Crippen LogP contribution in [0, 0.1) is 0 Å². The molecular formula is C4H13ClO2Si. The normalized spacial score (nSPS) is 9.75. The molecule has 8 heavy (non-hydrogen) atoms. The number of aliphatic hydroxyl groups is 1. The van der Waals surface area contributed by atoms with Gasteiger partial charge in [-0.25, -0.2) is 0 Å². The molecule has 0 rings (SSSR count). The molecule has 0 fully saturated rings. The first kappa shape index (κ1) is 11.3. The van der Waals surface area contributed by atoms with Crippen LogP contribution in [0.1, 0.15) is 0 Å². The van der Waals surface area contributed by atoms with Crippen LogP contribution in [-0.4, -0.2) is 27.0 Å². The van der Waals surface area contributed by atoms with E-state index in [0.29, 0.717) is 0 Å². The van der Waals surface area contributed by atoms with E-state index in [-0.39, 0.29) is 0 Å². The van der Waals surface area contributed by atoms with E-state index in [1.54, 1.807) is 7.11 Å². The summed E-state index contributed by atoms with van der Waals surface area (Å²) in [5.41, 5.74) is 0. The summed E-state index contributed by atoms with van der Waals surface area (Å²) in [6.45, 7) is 3.85. The van der Waals surface area contributed by atoms with E-state index < -0.39 is 7.63 Å². The van der Waals surface area contributed by atoms with Crippen LogP contribution in [0.4, 0.5) is 0 Å². The smallest absolute Gasteiger partial charge is 0.283 e. The van der Waals surface area contributed by atoms with Gasteiger partial charge >= 0.3 is 0 Å². The highest BCUT2D eigenvalue weighted by molar-refractivity contribution is 7.15.